The van der Waals surface area contributed by atoms with Crippen molar-refractivity contribution < 1.29 is 52.6 Å². The van der Waals surface area contributed by atoms with Crippen LogP contribution in [0.2, 0.25) is 0 Å². The minimum atomic E-state index is -1.73. The number of hydrogen-bond acceptors (Lipinski definition) is 13. The molecule has 1 aromatic carbocycles. The molecule has 0 saturated carbocycles. The molecule has 5 atom stereocenters. The summed E-state index contributed by atoms with van der Waals surface area (Å²) >= 11 is 0.967. The summed E-state index contributed by atoms with van der Waals surface area (Å²) in [5.74, 6) is -4.36. The van der Waals surface area contributed by atoms with Crippen LogP contribution in [-0.2, 0) is 47.7 Å². The number of carbonyl (C=O) groups is 5. The monoisotopic (exact) mass is 553 g/mol. The van der Waals surface area contributed by atoms with Crippen LogP contribution >= 0.6 is 11.8 Å². The van der Waals surface area contributed by atoms with Gasteiger partial charge in [-0.15, -0.1) is 11.8 Å². The zero-order chi connectivity index (χ0) is 28.6. The summed E-state index contributed by atoms with van der Waals surface area (Å²) in [4.78, 5) is 71.8. The largest absolute Gasteiger partial charge is 0.462 e. The van der Waals surface area contributed by atoms with Crippen LogP contribution in [0.1, 0.15) is 40.2 Å². The second-order valence-electron chi connectivity index (χ2n) is 8.08. The molecule has 0 fully saturated rings. The van der Waals surface area contributed by atoms with Crippen molar-refractivity contribution in [1.82, 2.24) is 0 Å². The molecule has 0 unspecified atom stereocenters. The first-order chi connectivity index (χ1) is 17.8. The third-order valence-electron chi connectivity index (χ3n) is 4.97. The molecule has 0 bridgehead atoms. The molecule has 0 N–H and O–H groups in total. The molecule has 13 nitrogen and oxygen atoms in total. The molecule has 0 spiro atoms. The topological polar surface area (TPSA) is 175 Å². The number of hydrogen-bond donors (Lipinski definition) is 0. The molecule has 0 saturated heterocycles. The van der Waals surface area contributed by atoms with Gasteiger partial charge < -0.3 is 23.7 Å². The van der Waals surface area contributed by atoms with E-state index in [4.69, 9.17) is 23.7 Å². The summed E-state index contributed by atoms with van der Waals surface area (Å²) in [5.41, 5.74) is 0.151. The first-order valence-electron chi connectivity index (χ1n) is 11.2. The van der Waals surface area contributed by atoms with E-state index in [9.17, 15) is 34.1 Å². The first-order valence-corrected chi connectivity index (χ1v) is 12.1. The number of fused-ring (bicyclic) bond motifs is 1. The number of thioether (sulfide) groups is 1. The molecular formula is C24H27NO12S. The smallest absolute Gasteiger partial charge is 0.303 e. The molecule has 0 aliphatic carbocycles. The van der Waals surface area contributed by atoms with Crippen LogP contribution in [0, 0.1) is 10.1 Å². The highest BCUT2D eigenvalue weighted by Crippen LogP contribution is 2.42. The Kier molecular flexibility index (Phi) is 10.8. The molecule has 0 aromatic heterocycles. The van der Waals surface area contributed by atoms with Gasteiger partial charge in [0.2, 0.25) is 0 Å². The first kappa shape index (κ1) is 30.3. The highest BCUT2D eigenvalue weighted by atomic mass is 32.2. The molecule has 1 aromatic rings. The van der Waals surface area contributed by atoms with Gasteiger partial charge in [-0.1, -0.05) is 18.2 Å². The average molecular weight is 554 g/mol. The van der Waals surface area contributed by atoms with Gasteiger partial charge in [-0.3, -0.25) is 34.1 Å². The molecule has 2 rings (SSSR count). The van der Waals surface area contributed by atoms with E-state index >= 15 is 0 Å². The summed E-state index contributed by atoms with van der Waals surface area (Å²) in [6.07, 6.45) is -5.29. The quantitative estimate of drug-likeness (QED) is 0.169. The van der Waals surface area contributed by atoms with Crippen LogP contribution in [0.5, 0.6) is 0 Å². The lowest BCUT2D eigenvalue weighted by atomic mass is 9.97. The minimum absolute atomic E-state index is 0.386. The van der Waals surface area contributed by atoms with E-state index in [1.165, 1.54) is 6.08 Å². The Morgan fingerprint density at radius 1 is 0.842 bits per heavy atom. The van der Waals surface area contributed by atoms with Crippen LogP contribution in [-0.4, -0.2) is 71.0 Å². The normalized spacial score (nSPS) is 17.3. The summed E-state index contributed by atoms with van der Waals surface area (Å²) in [6, 6.07) is 6.74. The van der Waals surface area contributed by atoms with E-state index in [0.29, 0.717) is 10.5 Å². The molecule has 0 amide bonds. The van der Waals surface area contributed by atoms with Crippen molar-refractivity contribution in [3.63, 3.8) is 0 Å². The van der Waals surface area contributed by atoms with E-state index in [0.717, 1.165) is 46.4 Å². The number of nitro groups is 1. The predicted octanol–water partition coefficient (Wildman–Crippen LogP) is 2.07. The van der Waals surface area contributed by atoms with Gasteiger partial charge in [0.25, 0.3) is 5.70 Å². The van der Waals surface area contributed by atoms with E-state index in [-0.39, 0.29) is 5.70 Å². The molecule has 14 heteroatoms. The lowest BCUT2D eigenvalue weighted by Crippen LogP contribution is -2.56. The summed E-state index contributed by atoms with van der Waals surface area (Å²) in [5, 5.41) is 10.8. The van der Waals surface area contributed by atoms with Crippen LogP contribution < -0.4 is 0 Å². The predicted molar refractivity (Wildman–Crippen MR) is 130 cm³/mol. The Hall–Kier alpha value is -3.94. The molecule has 206 valence electrons. The van der Waals surface area contributed by atoms with E-state index < -0.39 is 71.0 Å². The maximum absolute atomic E-state index is 12.2. The Labute approximate surface area is 221 Å². The van der Waals surface area contributed by atoms with Gasteiger partial charge >= 0.3 is 29.8 Å². The lowest BCUT2D eigenvalue weighted by molar-refractivity contribution is -0.427. The van der Waals surface area contributed by atoms with Crippen molar-refractivity contribution in [2.45, 2.75) is 69.2 Å². The summed E-state index contributed by atoms with van der Waals surface area (Å²) < 4.78 is 26.4. The van der Waals surface area contributed by atoms with Crippen LogP contribution in [0.15, 0.2) is 34.9 Å². The third kappa shape index (κ3) is 8.57. The zero-order valence-corrected chi connectivity index (χ0v) is 22.1. The van der Waals surface area contributed by atoms with Gasteiger partial charge in [0.05, 0.1) is 4.92 Å². The Morgan fingerprint density at radius 2 is 1.39 bits per heavy atom. The Bertz CT molecular complexity index is 1130. The number of benzene rings is 1. The molecule has 0 radical (unpaired) electrons. The van der Waals surface area contributed by atoms with Crippen molar-refractivity contribution in [2.75, 3.05) is 6.61 Å². The Balaban J connectivity index is 2.71. The van der Waals surface area contributed by atoms with Gasteiger partial charge in [0.15, 0.2) is 24.4 Å². The standard InChI is InChI=1S/C24H27NO12S/c1-12(26)33-11-19(34-13(2)27)21(35-14(3)28)22(36-15(4)29)23(37-16(5)30)24-18(25(31)32)10-17-8-6-7-9-20(17)38-24/h6-10,19,21-24H,11H2,1-5H3/t19-,21+,22+,23-,24-/m1/s1. The molecule has 1 aliphatic rings. The third-order valence-corrected chi connectivity index (χ3v) is 6.35. The van der Waals surface area contributed by atoms with Crippen LogP contribution in [0.25, 0.3) is 6.08 Å². The molecular weight excluding hydrogens is 526 g/mol. The van der Waals surface area contributed by atoms with Gasteiger partial charge in [-0.05, 0) is 11.6 Å². The van der Waals surface area contributed by atoms with Gasteiger partial charge in [0, 0.05) is 45.6 Å². The van der Waals surface area contributed by atoms with Crippen molar-refractivity contribution in [3.8, 4) is 0 Å². The van der Waals surface area contributed by atoms with E-state index in [1.54, 1.807) is 24.3 Å². The second-order valence-corrected chi connectivity index (χ2v) is 9.26. The van der Waals surface area contributed by atoms with E-state index in [2.05, 4.69) is 0 Å². The SMILES string of the molecule is CC(=O)OC[C@@H](OC(C)=O)[C@H](OC(C)=O)[C@H](OC(C)=O)[C@@H](OC(C)=O)[C@@H]1Sc2ccccc2C=C1[N+](=O)[O-]. The summed E-state index contributed by atoms with van der Waals surface area (Å²) in [6.45, 7) is 4.57. The van der Waals surface area contributed by atoms with Gasteiger partial charge in [-0.2, -0.15) is 0 Å². The van der Waals surface area contributed by atoms with Crippen molar-refractivity contribution in [3.05, 3.63) is 45.6 Å². The highest BCUT2D eigenvalue weighted by Gasteiger charge is 2.51. The number of rotatable bonds is 11. The highest BCUT2D eigenvalue weighted by molar-refractivity contribution is 8.00. The fraction of sp³-hybridized carbons (Fsp3) is 0.458. The van der Waals surface area contributed by atoms with Crippen molar-refractivity contribution in [1.29, 1.82) is 0 Å². The second kappa shape index (κ2) is 13.6. The fourth-order valence-corrected chi connectivity index (χ4v) is 5.01. The van der Waals surface area contributed by atoms with Crippen molar-refractivity contribution in [2.24, 2.45) is 0 Å². The minimum Gasteiger partial charge on any atom is -0.462 e. The van der Waals surface area contributed by atoms with Gasteiger partial charge in [0.1, 0.15) is 11.9 Å². The molecule has 1 aliphatic heterocycles. The van der Waals surface area contributed by atoms with Crippen LogP contribution in [0.4, 0.5) is 0 Å². The Morgan fingerprint density at radius 3 is 1.92 bits per heavy atom. The zero-order valence-electron chi connectivity index (χ0n) is 21.2. The number of ether oxygens (including phenoxy) is 5. The van der Waals surface area contributed by atoms with Crippen LogP contribution in [0.3, 0.4) is 0 Å². The maximum Gasteiger partial charge on any atom is 0.303 e. The number of carbonyl (C=O) groups excluding carboxylic acids is 5. The number of esters is 5. The maximum atomic E-state index is 12.2. The van der Waals surface area contributed by atoms with E-state index in [1.807, 2.05) is 0 Å². The average Bonchev–Trinajstić information content (AvgIpc) is 2.81. The molecule has 1 heterocycles. The summed E-state index contributed by atoms with van der Waals surface area (Å²) in [7, 11) is 0. The fourth-order valence-electron chi connectivity index (χ4n) is 3.70. The lowest BCUT2D eigenvalue weighted by Gasteiger charge is -2.38. The van der Waals surface area contributed by atoms with Crippen molar-refractivity contribution >= 4 is 47.7 Å². The van der Waals surface area contributed by atoms with Gasteiger partial charge in [-0.25, -0.2) is 0 Å². The molecule has 38 heavy (non-hydrogen) atoms. The number of nitrogens with zero attached hydrogens (tertiary/aromatic N) is 1.